The zero-order chi connectivity index (χ0) is 13.5. The molecule has 1 aliphatic heterocycles. The van der Waals surface area contributed by atoms with Crippen LogP contribution in [0, 0.1) is 5.92 Å². The van der Waals surface area contributed by atoms with Gasteiger partial charge in [-0.2, -0.15) is 4.31 Å². The van der Waals surface area contributed by atoms with Crippen molar-refractivity contribution in [1.82, 2.24) is 4.31 Å². The minimum absolute atomic E-state index is 0.238. The molecule has 3 rings (SSSR count). The van der Waals surface area contributed by atoms with E-state index in [1.165, 1.54) is 4.31 Å². The van der Waals surface area contributed by atoms with Gasteiger partial charge < -0.3 is 5.11 Å². The third-order valence-corrected chi connectivity index (χ3v) is 6.31. The lowest BCUT2D eigenvalue weighted by Gasteiger charge is -2.44. The highest BCUT2D eigenvalue weighted by atomic mass is 32.2. The number of rotatable bonds is 2. The summed E-state index contributed by atoms with van der Waals surface area (Å²) in [5.74, 6) is 0.579. The summed E-state index contributed by atoms with van der Waals surface area (Å²) < 4.78 is 26.8. The van der Waals surface area contributed by atoms with Gasteiger partial charge in [0.1, 0.15) is 0 Å². The van der Waals surface area contributed by atoms with Crippen LogP contribution in [-0.2, 0) is 10.0 Å². The molecule has 0 radical (unpaired) electrons. The predicted molar refractivity (Wildman–Crippen MR) is 72.1 cm³/mol. The molecule has 4 nitrogen and oxygen atoms in total. The van der Waals surface area contributed by atoms with E-state index in [1.807, 2.05) is 0 Å². The van der Waals surface area contributed by atoms with Crippen LogP contribution in [0.15, 0.2) is 35.2 Å². The summed E-state index contributed by atoms with van der Waals surface area (Å²) in [5.41, 5.74) is 0. The monoisotopic (exact) mass is 281 g/mol. The Morgan fingerprint density at radius 3 is 2.58 bits per heavy atom. The van der Waals surface area contributed by atoms with Gasteiger partial charge >= 0.3 is 0 Å². The third-order valence-electron chi connectivity index (χ3n) is 4.37. The van der Waals surface area contributed by atoms with Gasteiger partial charge in [0, 0.05) is 6.54 Å². The average Bonchev–Trinajstić information content (AvgIpc) is 2.44. The van der Waals surface area contributed by atoms with Crippen LogP contribution in [0.3, 0.4) is 0 Å². The van der Waals surface area contributed by atoms with Crippen molar-refractivity contribution in [3.8, 4) is 0 Å². The summed E-state index contributed by atoms with van der Waals surface area (Å²) in [6, 6.07) is 8.28. The largest absolute Gasteiger partial charge is 0.391 e. The number of benzene rings is 1. The first kappa shape index (κ1) is 13.1. The van der Waals surface area contributed by atoms with Crippen molar-refractivity contribution >= 4 is 10.0 Å². The van der Waals surface area contributed by atoms with E-state index in [1.54, 1.807) is 30.3 Å². The first-order chi connectivity index (χ1) is 9.09. The fourth-order valence-corrected chi connectivity index (χ4v) is 4.99. The highest BCUT2D eigenvalue weighted by Crippen LogP contribution is 2.37. The summed E-state index contributed by atoms with van der Waals surface area (Å²) in [6.07, 6.45) is 2.94. The summed E-state index contributed by atoms with van der Waals surface area (Å²) in [7, 11) is -3.47. The first-order valence-electron chi connectivity index (χ1n) is 6.84. The van der Waals surface area contributed by atoms with E-state index in [-0.39, 0.29) is 6.04 Å². The number of sulfonamides is 1. The second-order valence-electron chi connectivity index (χ2n) is 5.53. The van der Waals surface area contributed by atoms with Crippen LogP contribution in [0.5, 0.6) is 0 Å². The maximum atomic E-state index is 12.6. The number of aliphatic hydroxyl groups excluding tert-OH is 1. The minimum atomic E-state index is -3.47. The van der Waals surface area contributed by atoms with Crippen LogP contribution >= 0.6 is 0 Å². The van der Waals surface area contributed by atoms with Crippen LogP contribution < -0.4 is 0 Å². The topological polar surface area (TPSA) is 57.6 Å². The second kappa shape index (κ2) is 4.89. The lowest BCUT2D eigenvalue weighted by molar-refractivity contribution is 0.00981. The molecule has 0 spiro atoms. The molecule has 0 unspecified atom stereocenters. The van der Waals surface area contributed by atoms with Gasteiger partial charge in [0.15, 0.2) is 0 Å². The Balaban J connectivity index is 1.93. The minimum Gasteiger partial charge on any atom is -0.391 e. The van der Waals surface area contributed by atoms with E-state index < -0.39 is 16.1 Å². The average molecular weight is 281 g/mol. The maximum absolute atomic E-state index is 12.6. The number of nitrogens with zero attached hydrogens (tertiary/aromatic N) is 1. The van der Waals surface area contributed by atoms with Gasteiger partial charge in [-0.05, 0) is 43.7 Å². The fraction of sp³-hybridized carbons (Fsp3) is 0.571. The van der Waals surface area contributed by atoms with Gasteiger partial charge in [-0.25, -0.2) is 8.42 Å². The van der Waals surface area contributed by atoms with Crippen molar-refractivity contribution < 1.29 is 13.5 Å². The Bertz CT molecular complexity index is 543. The van der Waals surface area contributed by atoms with Gasteiger partial charge in [-0.3, -0.25) is 0 Å². The van der Waals surface area contributed by atoms with E-state index in [9.17, 15) is 13.5 Å². The third kappa shape index (κ3) is 2.30. The van der Waals surface area contributed by atoms with Crippen LogP contribution in [0.2, 0.25) is 0 Å². The van der Waals surface area contributed by atoms with Crippen LogP contribution in [0.4, 0.5) is 0 Å². The highest BCUT2D eigenvalue weighted by Gasteiger charge is 2.42. The summed E-state index contributed by atoms with van der Waals surface area (Å²) >= 11 is 0. The molecular formula is C14H19NO3S. The van der Waals surface area contributed by atoms with Crippen molar-refractivity contribution in [2.75, 3.05) is 6.54 Å². The van der Waals surface area contributed by atoms with Gasteiger partial charge in [-0.15, -0.1) is 0 Å². The maximum Gasteiger partial charge on any atom is 0.243 e. The summed E-state index contributed by atoms with van der Waals surface area (Å²) in [4.78, 5) is 0.325. The van der Waals surface area contributed by atoms with Crippen molar-refractivity contribution in [2.24, 2.45) is 5.92 Å². The Morgan fingerprint density at radius 1 is 1.11 bits per heavy atom. The molecule has 1 aliphatic carbocycles. The van der Waals surface area contributed by atoms with Crippen molar-refractivity contribution in [1.29, 1.82) is 0 Å². The Kier molecular flexibility index (Phi) is 3.37. The molecule has 1 saturated carbocycles. The lowest BCUT2D eigenvalue weighted by Crippen LogP contribution is -2.53. The normalized spacial score (nSPS) is 32.2. The quantitative estimate of drug-likeness (QED) is 0.896. The predicted octanol–water partition coefficient (Wildman–Crippen LogP) is 1.61. The Hall–Kier alpha value is -0.910. The smallest absolute Gasteiger partial charge is 0.243 e. The number of aliphatic hydroxyl groups is 1. The van der Waals surface area contributed by atoms with Crippen LogP contribution in [-0.4, -0.2) is 36.5 Å². The molecule has 1 aromatic rings. The lowest BCUT2D eigenvalue weighted by atomic mass is 9.79. The van der Waals surface area contributed by atoms with Gasteiger partial charge in [0.25, 0.3) is 0 Å². The van der Waals surface area contributed by atoms with Gasteiger partial charge in [0.05, 0.1) is 17.0 Å². The number of fused-ring (bicyclic) bond motifs is 2. The molecule has 2 aliphatic rings. The van der Waals surface area contributed by atoms with E-state index in [0.29, 0.717) is 17.4 Å². The van der Waals surface area contributed by atoms with Gasteiger partial charge in [-0.1, -0.05) is 18.2 Å². The first-order valence-corrected chi connectivity index (χ1v) is 8.28. The van der Waals surface area contributed by atoms with Crippen molar-refractivity contribution in [2.45, 2.75) is 42.7 Å². The molecule has 19 heavy (non-hydrogen) atoms. The Morgan fingerprint density at radius 2 is 1.84 bits per heavy atom. The molecule has 3 atom stereocenters. The summed E-state index contributed by atoms with van der Waals surface area (Å²) in [5, 5.41) is 10.1. The molecule has 0 amide bonds. The van der Waals surface area contributed by atoms with E-state index >= 15 is 0 Å². The van der Waals surface area contributed by atoms with Crippen molar-refractivity contribution in [3.63, 3.8) is 0 Å². The standard InChI is InChI=1S/C14H19NO3S/c16-14-7-6-11-8-9-15(13(14)10-11)19(17,18)12-4-2-1-3-5-12/h1-5,11,13-14,16H,6-10H2/t11-,13-,14-/m1/s1. The molecule has 1 heterocycles. The molecule has 0 aromatic heterocycles. The van der Waals surface area contributed by atoms with Crippen molar-refractivity contribution in [3.05, 3.63) is 30.3 Å². The number of hydrogen-bond acceptors (Lipinski definition) is 3. The van der Waals surface area contributed by atoms with Crippen LogP contribution in [0.1, 0.15) is 25.7 Å². The molecular weight excluding hydrogens is 262 g/mol. The molecule has 2 fully saturated rings. The van der Waals surface area contributed by atoms with Gasteiger partial charge in [0.2, 0.25) is 10.0 Å². The molecule has 5 heteroatoms. The van der Waals surface area contributed by atoms with E-state index in [2.05, 4.69) is 0 Å². The SMILES string of the molecule is O=S(=O)(c1ccccc1)N1CC[C@H]2CC[C@@H](O)[C@H]1C2. The highest BCUT2D eigenvalue weighted by molar-refractivity contribution is 7.89. The fourth-order valence-electron chi connectivity index (χ4n) is 3.29. The Labute approximate surface area is 114 Å². The molecule has 104 valence electrons. The number of piperidine rings is 1. The second-order valence-corrected chi connectivity index (χ2v) is 7.42. The number of hydrogen-bond donors (Lipinski definition) is 1. The van der Waals surface area contributed by atoms with E-state index in [0.717, 1.165) is 25.7 Å². The molecule has 1 N–H and O–H groups in total. The molecule has 2 bridgehead atoms. The molecule has 1 aromatic carbocycles. The van der Waals surface area contributed by atoms with E-state index in [4.69, 9.17) is 0 Å². The summed E-state index contributed by atoms with van der Waals surface area (Å²) in [6.45, 7) is 0.531. The van der Waals surface area contributed by atoms with Crippen LogP contribution in [0.25, 0.3) is 0 Å². The molecule has 1 saturated heterocycles. The zero-order valence-corrected chi connectivity index (χ0v) is 11.6. The zero-order valence-electron chi connectivity index (χ0n) is 10.8.